The lowest BCUT2D eigenvalue weighted by Gasteiger charge is -2.04. The van der Waals surface area contributed by atoms with E-state index >= 15 is 0 Å². The van der Waals surface area contributed by atoms with Crippen molar-refractivity contribution in [1.29, 1.82) is 5.26 Å². The number of hydrogen-bond acceptors (Lipinski definition) is 5. The normalized spacial score (nSPS) is 9.24. The lowest BCUT2D eigenvalue weighted by molar-refractivity contribution is -0.136. The Kier molecular flexibility index (Phi) is 4.11. The summed E-state index contributed by atoms with van der Waals surface area (Å²) in [6.45, 7) is 3.28. The zero-order valence-corrected chi connectivity index (χ0v) is 9.44. The quantitative estimate of drug-likeness (QED) is 0.537. The average Bonchev–Trinajstić information content (AvgIpc) is 2.24. The van der Waals surface area contributed by atoms with Crippen molar-refractivity contribution in [3.05, 3.63) is 17.5 Å². The highest BCUT2D eigenvalue weighted by Crippen LogP contribution is 2.03. The van der Waals surface area contributed by atoms with E-state index in [4.69, 9.17) is 5.26 Å². The van der Waals surface area contributed by atoms with E-state index in [2.05, 4.69) is 20.6 Å². The molecule has 2 N–H and O–H groups in total. The number of rotatable bonds is 2. The van der Waals surface area contributed by atoms with E-state index in [9.17, 15) is 9.59 Å². The molecule has 0 saturated carbocycles. The second-order valence-corrected chi connectivity index (χ2v) is 3.27. The van der Waals surface area contributed by atoms with Crippen LogP contribution in [0.2, 0.25) is 0 Å². The van der Waals surface area contributed by atoms with Gasteiger partial charge >= 0.3 is 11.8 Å². The molecule has 1 heterocycles. The van der Waals surface area contributed by atoms with E-state index in [0.29, 0.717) is 11.4 Å². The summed E-state index contributed by atoms with van der Waals surface area (Å²) in [7, 11) is 0. The molecule has 0 atom stereocenters. The number of nitrogens with zero attached hydrogens (tertiary/aromatic N) is 3. The van der Waals surface area contributed by atoms with Gasteiger partial charge in [0.05, 0.1) is 6.07 Å². The lowest BCUT2D eigenvalue weighted by atomic mass is 10.3. The Balaban J connectivity index is 2.68. The van der Waals surface area contributed by atoms with Crippen LogP contribution < -0.4 is 10.6 Å². The van der Waals surface area contributed by atoms with Crippen molar-refractivity contribution < 1.29 is 9.59 Å². The fourth-order valence-corrected chi connectivity index (χ4v) is 1.14. The van der Waals surface area contributed by atoms with Gasteiger partial charge in [-0.1, -0.05) is 0 Å². The summed E-state index contributed by atoms with van der Waals surface area (Å²) in [4.78, 5) is 30.4. The monoisotopic (exact) mass is 233 g/mol. The number of nitrogens with one attached hydrogen (secondary N) is 2. The standard InChI is InChI=1S/C10H11N5O2/c1-6-5-7(2)14-10(13-6)15-9(17)8(16)12-4-3-11/h5H,4H2,1-2H3,(H,12,16)(H,13,14,15,17). The average molecular weight is 233 g/mol. The van der Waals surface area contributed by atoms with Crippen LogP contribution in [0.25, 0.3) is 0 Å². The Bertz CT molecular complexity index is 472. The fraction of sp³-hybridized carbons (Fsp3) is 0.300. The molecule has 0 aromatic carbocycles. The molecule has 0 radical (unpaired) electrons. The third kappa shape index (κ3) is 3.87. The van der Waals surface area contributed by atoms with Gasteiger partial charge in [-0.15, -0.1) is 0 Å². The van der Waals surface area contributed by atoms with Crippen molar-refractivity contribution in [3.8, 4) is 6.07 Å². The fourth-order valence-electron chi connectivity index (χ4n) is 1.14. The molecule has 1 rings (SSSR count). The third-order valence-corrected chi connectivity index (χ3v) is 1.74. The highest BCUT2D eigenvalue weighted by molar-refractivity contribution is 6.39. The highest BCUT2D eigenvalue weighted by atomic mass is 16.2. The Morgan fingerprint density at radius 2 is 1.88 bits per heavy atom. The summed E-state index contributed by atoms with van der Waals surface area (Å²) < 4.78 is 0. The van der Waals surface area contributed by atoms with Gasteiger partial charge in [0.25, 0.3) is 0 Å². The van der Waals surface area contributed by atoms with E-state index < -0.39 is 11.8 Å². The molecule has 0 saturated heterocycles. The van der Waals surface area contributed by atoms with E-state index in [0.717, 1.165) is 0 Å². The predicted octanol–water partition coefficient (Wildman–Crippen LogP) is -0.328. The van der Waals surface area contributed by atoms with Crippen LogP contribution in [0.4, 0.5) is 5.95 Å². The van der Waals surface area contributed by atoms with Gasteiger partial charge in [-0.05, 0) is 19.9 Å². The second-order valence-electron chi connectivity index (χ2n) is 3.27. The number of anilines is 1. The van der Waals surface area contributed by atoms with Crippen molar-refractivity contribution in [1.82, 2.24) is 15.3 Å². The highest BCUT2D eigenvalue weighted by Gasteiger charge is 2.14. The van der Waals surface area contributed by atoms with Crippen LogP contribution in [0.1, 0.15) is 11.4 Å². The van der Waals surface area contributed by atoms with Crippen LogP contribution in [0.5, 0.6) is 0 Å². The summed E-state index contributed by atoms with van der Waals surface area (Å²) in [5.74, 6) is -1.72. The number of carbonyl (C=O) groups excluding carboxylic acids is 2. The van der Waals surface area contributed by atoms with Gasteiger partial charge in [-0.2, -0.15) is 5.26 Å². The lowest BCUT2D eigenvalue weighted by Crippen LogP contribution is -2.36. The molecular formula is C10H11N5O2. The molecule has 0 bridgehead atoms. The van der Waals surface area contributed by atoms with E-state index in [-0.39, 0.29) is 12.5 Å². The van der Waals surface area contributed by atoms with Gasteiger partial charge in [0, 0.05) is 11.4 Å². The van der Waals surface area contributed by atoms with E-state index in [1.165, 1.54) is 0 Å². The topological polar surface area (TPSA) is 108 Å². The minimum atomic E-state index is -0.898. The molecule has 17 heavy (non-hydrogen) atoms. The summed E-state index contributed by atoms with van der Waals surface area (Å²) in [6.07, 6.45) is 0. The molecule has 7 nitrogen and oxygen atoms in total. The van der Waals surface area contributed by atoms with Crippen molar-refractivity contribution in [3.63, 3.8) is 0 Å². The number of hydrogen-bond donors (Lipinski definition) is 2. The summed E-state index contributed by atoms with van der Waals surface area (Å²) in [5.41, 5.74) is 1.37. The molecule has 1 aromatic rings. The maximum Gasteiger partial charge on any atom is 0.316 e. The maximum atomic E-state index is 11.3. The second kappa shape index (κ2) is 5.55. The number of aryl methyl sites for hydroxylation is 2. The molecular weight excluding hydrogens is 222 g/mol. The smallest absolute Gasteiger partial charge is 0.316 e. The van der Waals surface area contributed by atoms with Gasteiger partial charge in [-0.3, -0.25) is 14.9 Å². The third-order valence-electron chi connectivity index (χ3n) is 1.74. The molecule has 7 heteroatoms. The Morgan fingerprint density at radius 3 is 2.41 bits per heavy atom. The first kappa shape index (κ1) is 12.6. The minimum Gasteiger partial charge on any atom is -0.335 e. The Morgan fingerprint density at radius 1 is 1.29 bits per heavy atom. The molecule has 1 aromatic heterocycles. The van der Waals surface area contributed by atoms with Gasteiger partial charge < -0.3 is 5.32 Å². The summed E-state index contributed by atoms with van der Waals surface area (Å²) in [5, 5.41) is 12.6. The molecule has 0 aliphatic heterocycles. The van der Waals surface area contributed by atoms with Gasteiger partial charge in [-0.25, -0.2) is 9.97 Å². The number of aromatic nitrogens is 2. The van der Waals surface area contributed by atoms with Gasteiger partial charge in [0.1, 0.15) is 6.54 Å². The number of carbonyl (C=O) groups is 2. The van der Waals surface area contributed by atoms with Crippen LogP contribution in [0, 0.1) is 25.2 Å². The van der Waals surface area contributed by atoms with Crippen LogP contribution in [-0.4, -0.2) is 28.3 Å². The molecule has 0 spiro atoms. The first-order chi connectivity index (χ1) is 8.02. The zero-order valence-electron chi connectivity index (χ0n) is 9.44. The van der Waals surface area contributed by atoms with Crippen molar-refractivity contribution in [2.75, 3.05) is 11.9 Å². The molecule has 88 valence electrons. The zero-order chi connectivity index (χ0) is 12.8. The van der Waals surface area contributed by atoms with Crippen molar-refractivity contribution >= 4 is 17.8 Å². The molecule has 0 unspecified atom stereocenters. The van der Waals surface area contributed by atoms with Crippen LogP contribution in [0.15, 0.2) is 6.07 Å². The Labute approximate surface area is 97.9 Å². The van der Waals surface area contributed by atoms with Crippen LogP contribution in [-0.2, 0) is 9.59 Å². The van der Waals surface area contributed by atoms with Gasteiger partial charge in [0.15, 0.2) is 0 Å². The van der Waals surface area contributed by atoms with E-state index in [1.54, 1.807) is 26.0 Å². The number of amides is 2. The molecule has 0 fully saturated rings. The summed E-state index contributed by atoms with van der Waals surface area (Å²) >= 11 is 0. The van der Waals surface area contributed by atoms with Crippen molar-refractivity contribution in [2.45, 2.75) is 13.8 Å². The predicted molar refractivity (Wildman–Crippen MR) is 58.8 cm³/mol. The van der Waals surface area contributed by atoms with Crippen LogP contribution >= 0.6 is 0 Å². The van der Waals surface area contributed by atoms with Gasteiger partial charge in [0.2, 0.25) is 5.95 Å². The largest absolute Gasteiger partial charge is 0.335 e. The first-order valence-electron chi connectivity index (χ1n) is 4.81. The first-order valence-corrected chi connectivity index (χ1v) is 4.81. The SMILES string of the molecule is Cc1cc(C)nc(NC(=O)C(=O)NCC#N)n1. The maximum absolute atomic E-state index is 11.3. The summed E-state index contributed by atoms with van der Waals surface area (Å²) in [6, 6.07) is 3.43. The van der Waals surface area contributed by atoms with Crippen molar-refractivity contribution in [2.24, 2.45) is 0 Å². The number of nitriles is 1. The molecule has 0 aliphatic rings. The molecule has 2 amide bonds. The van der Waals surface area contributed by atoms with Crippen LogP contribution in [0.3, 0.4) is 0 Å². The Hall–Kier alpha value is -2.49. The minimum absolute atomic E-state index is 0.0691. The van der Waals surface area contributed by atoms with E-state index in [1.807, 2.05) is 0 Å². The molecule has 0 aliphatic carbocycles.